The number of rotatable bonds is 9. The summed E-state index contributed by atoms with van der Waals surface area (Å²) in [7, 11) is -3.40. The molecule has 0 amide bonds. The summed E-state index contributed by atoms with van der Waals surface area (Å²) < 4.78 is 27.1. The Kier molecular flexibility index (Phi) is 7.35. The number of nitrogens with one attached hydrogen (secondary N) is 2. The summed E-state index contributed by atoms with van der Waals surface area (Å²) in [4.78, 5) is 0.331. The van der Waals surface area contributed by atoms with Gasteiger partial charge < -0.3 is 5.32 Å². The van der Waals surface area contributed by atoms with Crippen molar-refractivity contribution < 1.29 is 8.42 Å². The SMILES string of the molecule is CCCNCc1ccc(S(=O)(=O)NCC(C)C(C)C)cc1. The van der Waals surface area contributed by atoms with Crippen LogP contribution in [0.5, 0.6) is 0 Å². The van der Waals surface area contributed by atoms with Crippen LogP contribution in [-0.4, -0.2) is 21.5 Å². The van der Waals surface area contributed by atoms with E-state index in [0.717, 1.165) is 25.1 Å². The molecule has 1 aromatic carbocycles. The lowest BCUT2D eigenvalue weighted by Crippen LogP contribution is -2.30. The van der Waals surface area contributed by atoms with Gasteiger partial charge >= 0.3 is 0 Å². The highest BCUT2D eigenvalue weighted by Gasteiger charge is 2.16. The first-order chi connectivity index (χ1) is 9.86. The van der Waals surface area contributed by atoms with Gasteiger partial charge in [0.15, 0.2) is 0 Å². The van der Waals surface area contributed by atoms with Crippen molar-refractivity contribution >= 4 is 10.0 Å². The smallest absolute Gasteiger partial charge is 0.240 e. The monoisotopic (exact) mass is 312 g/mol. The molecule has 0 saturated heterocycles. The van der Waals surface area contributed by atoms with Crippen LogP contribution in [0.3, 0.4) is 0 Å². The summed E-state index contributed by atoms with van der Waals surface area (Å²) in [5, 5.41) is 3.30. The maximum Gasteiger partial charge on any atom is 0.240 e. The molecule has 4 nitrogen and oxygen atoms in total. The first kappa shape index (κ1) is 18.1. The van der Waals surface area contributed by atoms with Gasteiger partial charge in [0.05, 0.1) is 4.90 Å². The Morgan fingerprint density at radius 2 is 1.71 bits per heavy atom. The lowest BCUT2D eigenvalue weighted by Gasteiger charge is -2.16. The van der Waals surface area contributed by atoms with Gasteiger partial charge in [0.25, 0.3) is 0 Å². The van der Waals surface area contributed by atoms with Gasteiger partial charge in [-0.3, -0.25) is 0 Å². The predicted molar refractivity (Wildman–Crippen MR) is 87.6 cm³/mol. The molecule has 120 valence electrons. The average molecular weight is 312 g/mol. The molecule has 0 heterocycles. The third-order valence-corrected chi connectivity index (χ3v) is 5.16. The fraction of sp³-hybridized carbons (Fsp3) is 0.625. The molecular formula is C16H28N2O2S. The van der Waals surface area contributed by atoms with E-state index in [0.29, 0.717) is 23.3 Å². The van der Waals surface area contributed by atoms with Gasteiger partial charge in [-0.15, -0.1) is 0 Å². The van der Waals surface area contributed by atoms with Crippen LogP contribution in [0.4, 0.5) is 0 Å². The third-order valence-electron chi connectivity index (χ3n) is 3.72. The molecule has 0 spiro atoms. The summed E-state index contributed by atoms with van der Waals surface area (Å²) in [5.74, 6) is 0.775. The highest BCUT2D eigenvalue weighted by Crippen LogP contribution is 2.13. The number of hydrogen-bond donors (Lipinski definition) is 2. The van der Waals surface area contributed by atoms with Gasteiger partial charge in [-0.1, -0.05) is 39.8 Å². The molecule has 21 heavy (non-hydrogen) atoms. The van der Waals surface area contributed by atoms with Crippen LogP contribution in [0.25, 0.3) is 0 Å². The first-order valence-electron chi connectivity index (χ1n) is 7.66. The number of sulfonamides is 1. The highest BCUT2D eigenvalue weighted by atomic mass is 32.2. The van der Waals surface area contributed by atoms with Crippen LogP contribution in [0.2, 0.25) is 0 Å². The van der Waals surface area contributed by atoms with Gasteiger partial charge in [-0.2, -0.15) is 0 Å². The second kappa shape index (κ2) is 8.51. The quantitative estimate of drug-likeness (QED) is 0.689. The minimum absolute atomic E-state index is 0.317. The summed E-state index contributed by atoms with van der Waals surface area (Å²) in [6.07, 6.45) is 1.09. The minimum Gasteiger partial charge on any atom is -0.313 e. The Morgan fingerprint density at radius 1 is 1.10 bits per heavy atom. The molecule has 1 atom stereocenters. The molecule has 5 heteroatoms. The van der Waals surface area contributed by atoms with E-state index < -0.39 is 10.0 Å². The maximum absolute atomic E-state index is 12.2. The lowest BCUT2D eigenvalue weighted by atomic mass is 9.99. The zero-order valence-corrected chi connectivity index (χ0v) is 14.3. The Morgan fingerprint density at radius 3 is 2.24 bits per heavy atom. The Hall–Kier alpha value is -0.910. The third kappa shape index (κ3) is 6.16. The van der Waals surface area contributed by atoms with E-state index in [2.05, 4.69) is 37.7 Å². The van der Waals surface area contributed by atoms with E-state index in [9.17, 15) is 8.42 Å². The Bertz CT molecular complexity index is 510. The molecule has 0 aliphatic rings. The number of benzene rings is 1. The Labute approximate surface area is 129 Å². The summed E-state index contributed by atoms with van der Waals surface area (Å²) in [6.45, 7) is 10.6. The molecule has 1 rings (SSSR count). The second-order valence-corrected chi connectivity index (χ2v) is 7.66. The molecule has 0 aromatic heterocycles. The largest absolute Gasteiger partial charge is 0.313 e. The van der Waals surface area contributed by atoms with Crippen LogP contribution < -0.4 is 10.0 Å². The fourth-order valence-electron chi connectivity index (χ4n) is 1.76. The van der Waals surface area contributed by atoms with E-state index in [4.69, 9.17) is 0 Å². The van der Waals surface area contributed by atoms with E-state index in [1.807, 2.05) is 12.1 Å². The van der Waals surface area contributed by atoms with E-state index in [1.54, 1.807) is 12.1 Å². The van der Waals surface area contributed by atoms with Crippen LogP contribution in [-0.2, 0) is 16.6 Å². The molecule has 1 unspecified atom stereocenters. The lowest BCUT2D eigenvalue weighted by molar-refractivity contribution is 0.414. The predicted octanol–water partition coefficient (Wildman–Crippen LogP) is 2.76. The molecule has 0 aliphatic carbocycles. The summed E-state index contributed by atoms with van der Waals surface area (Å²) in [5.41, 5.74) is 1.10. The fourth-order valence-corrected chi connectivity index (χ4v) is 2.90. The Balaban J connectivity index is 2.62. The van der Waals surface area contributed by atoms with Crippen molar-refractivity contribution in [1.82, 2.24) is 10.0 Å². The van der Waals surface area contributed by atoms with Gasteiger partial charge in [0.2, 0.25) is 10.0 Å². The molecule has 0 bridgehead atoms. The van der Waals surface area contributed by atoms with Crippen molar-refractivity contribution in [3.8, 4) is 0 Å². The number of hydrogen-bond acceptors (Lipinski definition) is 3. The average Bonchev–Trinajstić information content (AvgIpc) is 2.45. The van der Waals surface area contributed by atoms with Crippen molar-refractivity contribution in [1.29, 1.82) is 0 Å². The van der Waals surface area contributed by atoms with Gasteiger partial charge in [-0.05, 0) is 42.5 Å². The van der Waals surface area contributed by atoms with Crippen LogP contribution in [0, 0.1) is 11.8 Å². The second-order valence-electron chi connectivity index (χ2n) is 5.89. The molecule has 0 saturated carbocycles. The van der Waals surface area contributed by atoms with Crippen molar-refractivity contribution in [2.45, 2.75) is 45.6 Å². The summed E-state index contributed by atoms with van der Waals surface area (Å²) in [6, 6.07) is 7.07. The summed E-state index contributed by atoms with van der Waals surface area (Å²) >= 11 is 0. The van der Waals surface area contributed by atoms with E-state index in [-0.39, 0.29) is 0 Å². The van der Waals surface area contributed by atoms with Crippen molar-refractivity contribution in [2.24, 2.45) is 11.8 Å². The first-order valence-corrected chi connectivity index (χ1v) is 9.14. The molecule has 1 aromatic rings. The van der Waals surface area contributed by atoms with E-state index in [1.165, 1.54) is 0 Å². The molecule has 0 radical (unpaired) electrons. The molecular weight excluding hydrogens is 284 g/mol. The van der Waals surface area contributed by atoms with Crippen LogP contribution in [0.15, 0.2) is 29.2 Å². The molecule has 0 aliphatic heterocycles. The highest BCUT2D eigenvalue weighted by molar-refractivity contribution is 7.89. The minimum atomic E-state index is -3.40. The van der Waals surface area contributed by atoms with Crippen LogP contribution in [0.1, 0.15) is 39.7 Å². The van der Waals surface area contributed by atoms with E-state index >= 15 is 0 Å². The van der Waals surface area contributed by atoms with Crippen LogP contribution >= 0.6 is 0 Å². The topological polar surface area (TPSA) is 58.2 Å². The zero-order chi connectivity index (χ0) is 15.9. The molecule has 2 N–H and O–H groups in total. The van der Waals surface area contributed by atoms with Crippen molar-refractivity contribution in [3.05, 3.63) is 29.8 Å². The van der Waals surface area contributed by atoms with Crippen molar-refractivity contribution in [3.63, 3.8) is 0 Å². The maximum atomic E-state index is 12.2. The normalized spacial score (nSPS) is 13.6. The zero-order valence-electron chi connectivity index (χ0n) is 13.5. The van der Waals surface area contributed by atoms with Gasteiger partial charge in [0, 0.05) is 13.1 Å². The molecule has 0 fully saturated rings. The van der Waals surface area contributed by atoms with Gasteiger partial charge in [-0.25, -0.2) is 13.1 Å². The van der Waals surface area contributed by atoms with Gasteiger partial charge in [0.1, 0.15) is 0 Å². The standard InChI is InChI=1S/C16H28N2O2S/c1-5-10-17-12-15-6-8-16(9-7-15)21(19,20)18-11-14(4)13(2)3/h6-9,13-14,17-18H,5,10-12H2,1-4H3. The van der Waals surface area contributed by atoms with Crippen molar-refractivity contribution in [2.75, 3.05) is 13.1 Å².